The van der Waals surface area contributed by atoms with Crippen molar-refractivity contribution in [3.05, 3.63) is 0 Å². The Morgan fingerprint density at radius 2 is 1.79 bits per heavy atom. The van der Waals surface area contributed by atoms with Gasteiger partial charge in [-0.25, -0.2) is 4.79 Å². The number of β-amino-alcohol motifs (C(OH)–C–C–N with tert-alkyl or cyclic N) is 1. The Hall–Kier alpha value is -1.10. The molecule has 1 amide bonds. The van der Waals surface area contributed by atoms with Gasteiger partial charge in [0, 0.05) is 19.4 Å². The zero-order chi connectivity index (χ0) is 14.3. The van der Waals surface area contributed by atoms with Crippen LogP contribution in [-0.4, -0.2) is 45.7 Å². The van der Waals surface area contributed by atoms with E-state index in [4.69, 9.17) is 5.11 Å². The lowest BCUT2D eigenvalue weighted by molar-refractivity contribution is -0.148. The molecule has 1 saturated heterocycles. The summed E-state index contributed by atoms with van der Waals surface area (Å²) in [5.41, 5.74) is 0. The molecule has 0 aromatic heterocycles. The monoisotopic (exact) mass is 271 g/mol. The highest BCUT2D eigenvalue weighted by molar-refractivity contribution is 5.84. The van der Waals surface area contributed by atoms with Gasteiger partial charge in [-0.05, 0) is 6.42 Å². The highest BCUT2D eigenvalue weighted by Gasteiger charge is 2.38. The molecule has 2 atom stereocenters. The molecule has 1 aliphatic heterocycles. The van der Waals surface area contributed by atoms with Gasteiger partial charge in [-0.15, -0.1) is 0 Å². The van der Waals surface area contributed by atoms with Crippen molar-refractivity contribution in [1.29, 1.82) is 0 Å². The fourth-order valence-electron chi connectivity index (χ4n) is 2.52. The lowest BCUT2D eigenvalue weighted by atomic mass is 10.1. The summed E-state index contributed by atoms with van der Waals surface area (Å²) in [7, 11) is 0. The average molecular weight is 271 g/mol. The molecule has 0 spiro atoms. The van der Waals surface area contributed by atoms with Gasteiger partial charge in [-0.1, -0.05) is 39.0 Å². The largest absolute Gasteiger partial charge is 0.480 e. The molecular weight excluding hydrogens is 246 g/mol. The Morgan fingerprint density at radius 3 is 2.42 bits per heavy atom. The minimum atomic E-state index is -1.02. The molecule has 0 radical (unpaired) electrons. The number of aliphatic hydroxyl groups excluding tert-OH is 1. The predicted molar refractivity (Wildman–Crippen MR) is 71.8 cm³/mol. The van der Waals surface area contributed by atoms with Gasteiger partial charge in [0.25, 0.3) is 0 Å². The quantitative estimate of drug-likeness (QED) is 0.660. The van der Waals surface area contributed by atoms with Crippen LogP contribution in [0.25, 0.3) is 0 Å². The molecule has 1 heterocycles. The van der Waals surface area contributed by atoms with E-state index in [9.17, 15) is 14.7 Å². The number of rotatable bonds is 8. The van der Waals surface area contributed by atoms with Gasteiger partial charge in [-0.3, -0.25) is 4.79 Å². The summed E-state index contributed by atoms with van der Waals surface area (Å²) in [5.74, 6) is -1.16. The summed E-state index contributed by atoms with van der Waals surface area (Å²) in [6.07, 6.45) is 6.42. The van der Waals surface area contributed by atoms with Crippen LogP contribution in [0.5, 0.6) is 0 Å². The Kier molecular flexibility index (Phi) is 6.84. The molecule has 19 heavy (non-hydrogen) atoms. The van der Waals surface area contributed by atoms with E-state index < -0.39 is 18.1 Å². The Morgan fingerprint density at radius 1 is 1.16 bits per heavy atom. The van der Waals surface area contributed by atoms with Crippen LogP contribution in [0.4, 0.5) is 0 Å². The second-order valence-corrected chi connectivity index (χ2v) is 5.31. The summed E-state index contributed by atoms with van der Waals surface area (Å²) in [6.45, 7) is 2.32. The maximum Gasteiger partial charge on any atom is 0.326 e. The topological polar surface area (TPSA) is 77.8 Å². The van der Waals surface area contributed by atoms with Crippen LogP contribution < -0.4 is 0 Å². The van der Waals surface area contributed by atoms with Gasteiger partial charge in [0.15, 0.2) is 0 Å². The second kappa shape index (κ2) is 8.15. The summed E-state index contributed by atoms with van der Waals surface area (Å²) >= 11 is 0. The number of unbranched alkanes of at least 4 members (excludes halogenated alkanes) is 5. The smallest absolute Gasteiger partial charge is 0.326 e. The number of carbonyl (C=O) groups is 2. The number of likely N-dealkylation sites (tertiary alicyclic amines) is 1. The Labute approximate surface area is 114 Å². The normalized spacial score (nSPS) is 22.7. The molecule has 110 valence electrons. The first-order valence-electron chi connectivity index (χ1n) is 7.26. The molecule has 0 aromatic carbocycles. The van der Waals surface area contributed by atoms with Crippen LogP contribution in [0.2, 0.25) is 0 Å². The Bertz CT molecular complexity index is 306. The third-order valence-electron chi connectivity index (χ3n) is 3.63. The van der Waals surface area contributed by atoms with Crippen molar-refractivity contribution in [3.63, 3.8) is 0 Å². The molecule has 1 rings (SSSR count). The molecule has 5 nitrogen and oxygen atoms in total. The van der Waals surface area contributed by atoms with Crippen molar-refractivity contribution in [2.75, 3.05) is 6.54 Å². The zero-order valence-electron chi connectivity index (χ0n) is 11.7. The maximum atomic E-state index is 11.9. The first-order valence-corrected chi connectivity index (χ1v) is 7.26. The van der Waals surface area contributed by atoms with Gasteiger partial charge >= 0.3 is 5.97 Å². The number of nitrogens with zero attached hydrogens (tertiary/aromatic N) is 1. The van der Waals surface area contributed by atoms with Gasteiger partial charge in [0.1, 0.15) is 6.04 Å². The maximum absolute atomic E-state index is 11.9. The molecule has 5 heteroatoms. The van der Waals surface area contributed by atoms with Crippen LogP contribution in [0, 0.1) is 0 Å². The average Bonchev–Trinajstić information content (AvgIpc) is 2.76. The highest BCUT2D eigenvalue weighted by Crippen LogP contribution is 2.20. The van der Waals surface area contributed by atoms with E-state index in [1.54, 1.807) is 0 Å². The number of aliphatic hydroxyl groups is 1. The first-order chi connectivity index (χ1) is 9.06. The molecule has 2 N–H and O–H groups in total. The fourth-order valence-corrected chi connectivity index (χ4v) is 2.52. The second-order valence-electron chi connectivity index (χ2n) is 5.31. The third-order valence-corrected chi connectivity index (χ3v) is 3.63. The van der Waals surface area contributed by atoms with Gasteiger partial charge in [0.05, 0.1) is 6.10 Å². The minimum absolute atomic E-state index is 0.139. The van der Waals surface area contributed by atoms with E-state index >= 15 is 0 Å². The van der Waals surface area contributed by atoms with E-state index in [0.717, 1.165) is 19.3 Å². The molecule has 1 fully saturated rings. The van der Waals surface area contributed by atoms with Crippen LogP contribution >= 0.6 is 0 Å². The van der Waals surface area contributed by atoms with Gasteiger partial charge in [-0.2, -0.15) is 0 Å². The Balaban J connectivity index is 2.26. The van der Waals surface area contributed by atoms with E-state index in [2.05, 4.69) is 6.92 Å². The number of hydrogen-bond acceptors (Lipinski definition) is 3. The number of aliphatic carboxylic acids is 1. The van der Waals surface area contributed by atoms with Crippen molar-refractivity contribution in [2.45, 2.75) is 70.4 Å². The molecule has 1 aliphatic rings. The van der Waals surface area contributed by atoms with Crippen LogP contribution in [-0.2, 0) is 9.59 Å². The summed E-state index contributed by atoms with van der Waals surface area (Å²) in [4.78, 5) is 24.3. The molecule has 0 aromatic rings. The summed E-state index contributed by atoms with van der Waals surface area (Å²) in [5, 5.41) is 18.5. The zero-order valence-corrected chi connectivity index (χ0v) is 11.7. The molecule has 0 saturated carbocycles. The third kappa shape index (κ3) is 5.19. The van der Waals surface area contributed by atoms with E-state index in [-0.39, 0.29) is 18.9 Å². The van der Waals surface area contributed by atoms with E-state index in [0.29, 0.717) is 6.42 Å². The fraction of sp³-hybridized carbons (Fsp3) is 0.857. The predicted octanol–water partition coefficient (Wildman–Crippen LogP) is 1.78. The van der Waals surface area contributed by atoms with Crippen molar-refractivity contribution in [1.82, 2.24) is 4.90 Å². The minimum Gasteiger partial charge on any atom is -0.480 e. The lowest BCUT2D eigenvalue weighted by Crippen LogP contribution is -2.40. The van der Waals surface area contributed by atoms with Crippen LogP contribution in [0.15, 0.2) is 0 Å². The number of carboxylic acid groups (broad SMARTS) is 1. The van der Waals surface area contributed by atoms with Gasteiger partial charge < -0.3 is 15.1 Å². The number of hydrogen-bond donors (Lipinski definition) is 2. The first kappa shape index (κ1) is 16.0. The SMILES string of the molecule is CCCCCCCCC(=O)N1C[C@@H](O)C[C@H]1C(=O)O. The lowest BCUT2D eigenvalue weighted by Gasteiger charge is -2.21. The number of carbonyl (C=O) groups excluding carboxylic acids is 1. The molecular formula is C14H25NO4. The number of amides is 1. The van der Waals surface area contributed by atoms with E-state index in [1.807, 2.05) is 0 Å². The van der Waals surface area contributed by atoms with Crippen molar-refractivity contribution >= 4 is 11.9 Å². The number of carboxylic acids is 1. The van der Waals surface area contributed by atoms with Crippen LogP contribution in [0.1, 0.15) is 58.3 Å². The van der Waals surface area contributed by atoms with Crippen molar-refractivity contribution in [2.24, 2.45) is 0 Å². The van der Waals surface area contributed by atoms with E-state index in [1.165, 1.54) is 24.2 Å². The van der Waals surface area contributed by atoms with Gasteiger partial charge in [0.2, 0.25) is 5.91 Å². The molecule has 0 bridgehead atoms. The molecule has 0 unspecified atom stereocenters. The van der Waals surface area contributed by atoms with Crippen LogP contribution in [0.3, 0.4) is 0 Å². The standard InChI is InChI=1S/C14H25NO4/c1-2-3-4-5-6-7-8-13(17)15-10-11(16)9-12(15)14(18)19/h11-12,16H,2-10H2,1H3,(H,18,19)/t11-,12-/m0/s1. The summed E-state index contributed by atoms with van der Waals surface area (Å²) in [6, 6.07) is -0.845. The van der Waals surface area contributed by atoms with Crippen molar-refractivity contribution in [3.8, 4) is 0 Å². The summed E-state index contributed by atoms with van der Waals surface area (Å²) < 4.78 is 0. The highest BCUT2D eigenvalue weighted by atomic mass is 16.4. The molecule has 0 aliphatic carbocycles. The van der Waals surface area contributed by atoms with Crippen molar-refractivity contribution < 1.29 is 19.8 Å².